The predicted molar refractivity (Wildman–Crippen MR) is 32.4 cm³/mol. The second-order valence-corrected chi connectivity index (χ2v) is 1.58. The molecule has 1 rings (SSSR count). The summed E-state index contributed by atoms with van der Waals surface area (Å²) in [7, 11) is 0. The fourth-order valence-electron chi connectivity index (χ4n) is 0.553. The van der Waals surface area contributed by atoms with Gasteiger partial charge in [0.15, 0.2) is 12.4 Å². The highest BCUT2D eigenvalue weighted by Crippen LogP contribution is 1.86. The van der Waals surface area contributed by atoms with Crippen molar-refractivity contribution < 1.29 is 10.2 Å². The Labute approximate surface area is 52.7 Å². The summed E-state index contributed by atoms with van der Waals surface area (Å²) in [6, 6.07) is 3.61. The Balaban J connectivity index is 2.85. The summed E-state index contributed by atoms with van der Waals surface area (Å²) in [4.78, 5) is 2.85. The molecule has 3 heteroatoms. The molecule has 1 heterocycles. The lowest BCUT2D eigenvalue weighted by molar-refractivity contribution is -0.378. The number of nitrogens with zero attached hydrogens (tertiary/aromatic N) is 1. The summed E-state index contributed by atoms with van der Waals surface area (Å²) >= 11 is 0. The maximum absolute atomic E-state index is 8.08. The van der Waals surface area contributed by atoms with E-state index >= 15 is 0 Å². The van der Waals surface area contributed by atoms with E-state index in [2.05, 4.69) is 10.1 Å². The number of aromatic nitrogens is 1. The number of oxime groups is 1. The molecule has 3 nitrogen and oxygen atoms in total. The van der Waals surface area contributed by atoms with E-state index < -0.39 is 0 Å². The summed E-state index contributed by atoms with van der Waals surface area (Å²) < 4.78 is 0. The molecule has 0 amide bonds. The van der Waals surface area contributed by atoms with Crippen molar-refractivity contribution >= 4 is 6.21 Å². The van der Waals surface area contributed by atoms with Gasteiger partial charge in [-0.1, -0.05) is 5.16 Å². The molecular formula is C6H7N2O+. The molecule has 9 heavy (non-hydrogen) atoms. The third-order valence-electron chi connectivity index (χ3n) is 0.951. The van der Waals surface area contributed by atoms with E-state index in [0.29, 0.717) is 0 Å². The van der Waals surface area contributed by atoms with Gasteiger partial charge in [-0.05, 0) is 0 Å². The van der Waals surface area contributed by atoms with Gasteiger partial charge in [-0.15, -0.1) is 0 Å². The molecule has 0 saturated heterocycles. The molecule has 1 aromatic heterocycles. The quantitative estimate of drug-likeness (QED) is 0.326. The lowest BCUT2D eigenvalue weighted by atomic mass is 10.3. The number of hydrogen-bond donors (Lipinski definition) is 1. The molecule has 0 spiro atoms. The molecule has 0 saturated carbocycles. The molecule has 0 aromatic carbocycles. The fourth-order valence-corrected chi connectivity index (χ4v) is 0.553. The van der Waals surface area contributed by atoms with Crippen LogP contribution in [0.2, 0.25) is 0 Å². The molecule has 0 atom stereocenters. The van der Waals surface area contributed by atoms with Crippen molar-refractivity contribution in [3.05, 3.63) is 30.1 Å². The van der Waals surface area contributed by atoms with Gasteiger partial charge in [0.05, 0.1) is 6.21 Å². The van der Waals surface area contributed by atoms with Gasteiger partial charge in [-0.25, -0.2) is 4.98 Å². The summed E-state index contributed by atoms with van der Waals surface area (Å²) in [5.41, 5.74) is 0.872. The molecule has 0 aliphatic rings. The first kappa shape index (κ1) is 5.75. The van der Waals surface area contributed by atoms with E-state index in [4.69, 9.17) is 5.21 Å². The van der Waals surface area contributed by atoms with Crippen molar-refractivity contribution in [3.63, 3.8) is 0 Å². The molecule has 0 fully saturated rings. The maximum Gasteiger partial charge on any atom is 0.167 e. The van der Waals surface area contributed by atoms with Gasteiger partial charge >= 0.3 is 0 Å². The van der Waals surface area contributed by atoms with Crippen LogP contribution in [0.15, 0.2) is 29.7 Å². The first-order valence-corrected chi connectivity index (χ1v) is 2.57. The third kappa shape index (κ3) is 1.53. The highest BCUT2D eigenvalue weighted by molar-refractivity contribution is 5.78. The van der Waals surface area contributed by atoms with Crippen molar-refractivity contribution in [2.75, 3.05) is 0 Å². The van der Waals surface area contributed by atoms with Crippen LogP contribution in [0.25, 0.3) is 0 Å². The van der Waals surface area contributed by atoms with Gasteiger partial charge in [0.2, 0.25) is 0 Å². The van der Waals surface area contributed by atoms with Gasteiger partial charge in [0.25, 0.3) is 0 Å². The Hall–Kier alpha value is -1.38. The maximum atomic E-state index is 8.08. The zero-order valence-corrected chi connectivity index (χ0v) is 4.78. The van der Waals surface area contributed by atoms with E-state index in [-0.39, 0.29) is 0 Å². The van der Waals surface area contributed by atoms with Gasteiger partial charge in [-0.2, -0.15) is 0 Å². The smallest absolute Gasteiger partial charge is 0.167 e. The van der Waals surface area contributed by atoms with Gasteiger partial charge in [0, 0.05) is 17.7 Å². The number of aromatic amines is 1. The largest absolute Gasteiger partial charge is 0.411 e. The Morgan fingerprint density at radius 3 is 2.67 bits per heavy atom. The van der Waals surface area contributed by atoms with Crippen LogP contribution < -0.4 is 4.98 Å². The van der Waals surface area contributed by atoms with E-state index in [1.807, 2.05) is 0 Å². The second-order valence-electron chi connectivity index (χ2n) is 1.58. The second kappa shape index (κ2) is 2.81. The Morgan fingerprint density at radius 1 is 1.44 bits per heavy atom. The number of hydrogen-bond acceptors (Lipinski definition) is 2. The van der Waals surface area contributed by atoms with E-state index in [9.17, 15) is 0 Å². The third-order valence-corrected chi connectivity index (χ3v) is 0.951. The summed E-state index contributed by atoms with van der Waals surface area (Å²) in [6.45, 7) is 0. The molecule has 0 aliphatic carbocycles. The monoisotopic (exact) mass is 123 g/mol. The van der Waals surface area contributed by atoms with Crippen molar-refractivity contribution in [2.24, 2.45) is 5.16 Å². The summed E-state index contributed by atoms with van der Waals surface area (Å²) in [5.74, 6) is 0. The Kier molecular flexibility index (Phi) is 1.80. The molecule has 0 unspecified atom stereocenters. The lowest BCUT2D eigenvalue weighted by Crippen LogP contribution is -1.97. The van der Waals surface area contributed by atoms with E-state index in [0.717, 1.165) is 5.56 Å². The zero-order chi connectivity index (χ0) is 6.53. The topological polar surface area (TPSA) is 46.7 Å². The van der Waals surface area contributed by atoms with Crippen molar-refractivity contribution in [2.45, 2.75) is 0 Å². The SMILES string of the molecule is O/N=C\c1cc[nH+]cc1. The molecule has 46 valence electrons. The summed E-state index contributed by atoms with van der Waals surface area (Å²) in [5, 5.41) is 10.9. The molecule has 1 aromatic rings. The highest BCUT2D eigenvalue weighted by atomic mass is 16.4. The van der Waals surface area contributed by atoms with Crippen molar-refractivity contribution in [1.82, 2.24) is 0 Å². The first-order valence-electron chi connectivity index (χ1n) is 2.57. The standard InChI is InChI=1S/C6H6N2O/c9-8-5-6-1-3-7-4-2-6/h1-5,9H/p+1/b8-5-. The minimum Gasteiger partial charge on any atom is -0.411 e. The molecule has 0 radical (unpaired) electrons. The summed E-state index contributed by atoms with van der Waals surface area (Å²) in [6.07, 6.45) is 4.89. The van der Waals surface area contributed by atoms with Crippen LogP contribution in [-0.2, 0) is 0 Å². The lowest BCUT2D eigenvalue weighted by Gasteiger charge is -1.80. The van der Waals surface area contributed by atoms with Crippen LogP contribution >= 0.6 is 0 Å². The average Bonchev–Trinajstić information content (AvgIpc) is 1.91. The number of pyridine rings is 1. The Morgan fingerprint density at radius 2 is 2.11 bits per heavy atom. The minimum atomic E-state index is 0.872. The minimum absolute atomic E-state index is 0.872. The average molecular weight is 123 g/mol. The number of nitrogens with one attached hydrogen (secondary N) is 1. The normalized spacial score (nSPS) is 10.2. The van der Waals surface area contributed by atoms with E-state index in [1.54, 1.807) is 24.5 Å². The fraction of sp³-hybridized carbons (Fsp3) is 0. The zero-order valence-electron chi connectivity index (χ0n) is 4.78. The van der Waals surface area contributed by atoms with Crippen LogP contribution in [0.5, 0.6) is 0 Å². The molecule has 0 bridgehead atoms. The molecule has 2 N–H and O–H groups in total. The van der Waals surface area contributed by atoms with Crippen molar-refractivity contribution in [1.29, 1.82) is 0 Å². The number of rotatable bonds is 1. The first-order chi connectivity index (χ1) is 4.43. The molecule has 0 aliphatic heterocycles. The Bertz CT molecular complexity index is 195. The molecular weight excluding hydrogens is 116 g/mol. The highest BCUT2D eigenvalue weighted by Gasteiger charge is 1.84. The van der Waals surface area contributed by atoms with Crippen LogP contribution in [0.1, 0.15) is 5.56 Å². The van der Waals surface area contributed by atoms with Gasteiger partial charge in [-0.3, -0.25) is 0 Å². The van der Waals surface area contributed by atoms with E-state index in [1.165, 1.54) is 6.21 Å². The number of H-pyrrole nitrogens is 1. The van der Waals surface area contributed by atoms with Gasteiger partial charge < -0.3 is 5.21 Å². The predicted octanol–water partition coefficient (Wildman–Crippen LogP) is 0.309. The van der Waals surface area contributed by atoms with Crippen molar-refractivity contribution in [3.8, 4) is 0 Å². The van der Waals surface area contributed by atoms with Gasteiger partial charge in [0.1, 0.15) is 0 Å². The van der Waals surface area contributed by atoms with Crippen LogP contribution in [0.3, 0.4) is 0 Å². The van der Waals surface area contributed by atoms with Crippen LogP contribution in [0, 0.1) is 0 Å². The van der Waals surface area contributed by atoms with Crippen LogP contribution in [-0.4, -0.2) is 11.4 Å². The van der Waals surface area contributed by atoms with Crippen LogP contribution in [0.4, 0.5) is 0 Å².